The third-order valence-electron chi connectivity index (χ3n) is 1.67. The number of aromatic nitrogens is 2. The molecule has 0 fully saturated rings. The quantitative estimate of drug-likeness (QED) is 0.775. The molecule has 13 heavy (non-hydrogen) atoms. The van der Waals surface area contributed by atoms with Gasteiger partial charge in [0.1, 0.15) is 0 Å². The molecule has 5 nitrogen and oxygen atoms in total. The molecule has 0 aliphatic heterocycles. The van der Waals surface area contributed by atoms with Gasteiger partial charge in [0, 0.05) is 13.1 Å². The Hall–Kier alpha value is -1.17. The average molecular weight is 200 g/mol. The van der Waals surface area contributed by atoms with Gasteiger partial charge in [-0.3, -0.25) is 4.79 Å². The molecule has 72 valence electrons. The van der Waals surface area contributed by atoms with Crippen molar-refractivity contribution in [3.63, 3.8) is 0 Å². The predicted octanol–water partition coefficient (Wildman–Crippen LogP) is 0.602. The van der Waals surface area contributed by atoms with Crippen molar-refractivity contribution in [3.05, 3.63) is 5.01 Å². The maximum Gasteiger partial charge on any atom is 0.284 e. The van der Waals surface area contributed by atoms with Gasteiger partial charge in [-0.15, -0.1) is 10.2 Å². The summed E-state index contributed by atoms with van der Waals surface area (Å²) in [6, 6.07) is 0. The summed E-state index contributed by atoms with van der Waals surface area (Å²) >= 11 is 1.12. The standard InChI is InChI=1S/C7H12N4OS/c1-3-11(4-2)6(12)5-9-10-7(8)13-5/h3-4H2,1-2H3,(H2,8,10). The minimum absolute atomic E-state index is 0.0980. The van der Waals surface area contributed by atoms with Crippen LogP contribution in [-0.2, 0) is 0 Å². The molecular weight excluding hydrogens is 188 g/mol. The molecule has 0 aromatic carbocycles. The highest BCUT2D eigenvalue weighted by Gasteiger charge is 2.16. The van der Waals surface area contributed by atoms with Gasteiger partial charge >= 0.3 is 0 Å². The Morgan fingerprint density at radius 1 is 1.46 bits per heavy atom. The van der Waals surface area contributed by atoms with Crippen LogP contribution in [0.4, 0.5) is 5.13 Å². The molecule has 0 bridgehead atoms. The molecule has 0 atom stereocenters. The molecule has 0 unspecified atom stereocenters. The number of carbonyl (C=O) groups excluding carboxylic acids is 1. The summed E-state index contributed by atoms with van der Waals surface area (Å²) in [6.07, 6.45) is 0. The minimum atomic E-state index is -0.0980. The van der Waals surface area contributed by atoms with Crippen molar-refractivity contribution in [3.8, 4) is 0 Å². The Morgan fingerprint density at radius 2 is 2.08 bits per heavy atom. The number of hydrogen-bond donors (Lipinski definition) is 1. The van der Waals surface area contributed by atoms with E-state index >= 15 is 0 Å². The number of carbonyl (C=O) groups is 1. The van der Waals surface area contributed by atoms with Crippen LogP contribution in [0.1, 0.15) is 23.6 Å². The molecule has 1 aromatic heterocycles. The summed E-state index contributed by atoms with van der Waals surface area (Å²) < 4.78 is 0. The number of rotatable bonds is 3. The lowest BCUT2D eigenvalue weighted by atomic mass is 10.5. The monoisotopic (exact) mass is 200 g/mol. The number of nitrogens with zero attached hydrogens (tertiary/aromatic N) is 3. The van der Waals surface area contributed by atoms with Crippen molar-refractivity contribution < 1.29 is 4.79 Å². The van der Waals surface area contributed by atoms with Crippen LogP contribution in [-0.4, -0.2) is 34.1 Å². The molecule has 0 saturated carbocycles. The smallest absolute Gasteiger partial charge is 0.284 e. The highest BCUT2D eigenvalue weighted by Crippen LogP contribution is 2.12. The SMILES string of the molecule is CCN(CC)C(=O)c1nnc(N)s1. The van der Waals surface area contributed by atoms with Crippen LogP contribution in [0, 0.1) is 0 Å². The van der Waals surface area contributed by atoms with Gasteiger partial charge in [0.15, 0.2) is 0 Å². The first kappa shape index (κ1) is 9.91. The number of anilines is 1. The van der Waals surface area contributed by atoms with Crippen LogP contribution in [0.25, 0.3) is 0 Å². The van der Waals surface area contributed by atoms with Crippen LogP contribution in [0.15, 0.2) is 0 Å². The summed E-state index contributed by atoms with van der Waals surface area (Å²) in [5.74, 6) is -0.0980. The van der Waals surface area contributed by atoms with Crippen molar-refractivity contribution in [2.45, 2.75) is 13.8 Å². The van der Waals surface area contributed by atoms with Gasteiger partial charge in [0.2, 0.25) is 10.1 Å². The maximum atomic E-state index is 11.6. The average Bonchev–Trinajstić information content (AvgIpc) is 2.54. The number of nitrogens with two attached hydrogens (primary N) is 1. The van der Waals surface area contributed by atoms with Crippen molar-refractivity contribution in [1.29, 1.82) is 0 Å². The molecule has 1 amide bonds. The lowest BCUT2D eigenvalue weighted by Gasteiger charge is -2.15. The van der Waals surface area contributed by atoms with E-state index in [0.29, 0.717) is 23.2 Å². The highest BCUT2D eigenvalue weighted by molar-refractivity contribution is 7.16. The van der Waals surface area contributed by atoms with Crippen LogP contribution in [0.5, 0.6) is 0 Å². The van der Waals surface area contributed by atoms with Gasteiger partial charge in [0.05, 0.1) is 0 Å². The molecule has 0 saturated heterocycles. The molecule has 0 radical (unpaired) electrons. The van der Waals surface area contributed by atoms with E-state index in [9.17, 15) is 4.79 Å². The van der Waals surface area contributed by atoms with E-state index in [2.05, 4.69) is 10.2 Å². The lowest BCUT2D eigenvalue weighted by molar-refractivity contribution is 0.0772. The molecular formula is C7H12N4OS. The largest absolute Gasteiger partial charge is 0.374 e. The zero-order chi connectivity index (χ0) is 9.84. The van der Waals surface area contributed by atoms with Gasteiger partial charge in [-0.05, 0) is 13.8 Å². The Morgan fingerprint density at radius 3 is 2.46 bits per heavy atom. The van der Waals surface area contributed by atoms with Crippen molar-refractivity contribution in [2.24, 2.45) is 0 Å². The van der Waals surface area contributed by atoms with E-state index in [0.717, 1.165) is 11.3 Å². The third-order valence-corrected chi connectivity index (χ3v) is 2.41. The van der Waals surface area contributed by atoms with E-state index in [4.69, 9.17) is 5.73 Å². The maximum absolute atomic E-state index is 11.6. The normalized spacial score (nSPS) is 10.0. The minimum Gasteiger partial charge on any atom is -0.374 e. The van der Waals surface area contributed by atoms with Gasteiger partial charge in [-0.2, -0.15) is 0 Å². The Kier molecular flexibility index (Phi) is 3.18. The van der Waals surface area contributed by atoms with E-state index in [1.807, 2.05) is 13.8 Å². The fourth-order valence-corrected chi connectivity index (χ4v) is 1.54. The Bertz CT molecular complexity index is 294. The summed E-state index contributed by atoms with van der Waals surface area (Å²) in [5.41, 5.74) is 5.37. The molecule has 0 aliphatic rings. The van der Waals surface area contributed by atoms with Gasteiger partial charge in [-0.25, -0.2) is 0 Å². The van der Waals surface area contributed by atoms with Crippen molar-refractivity contribution in [2.75, 3.05) is 18.8 Å². The van der Waals surface area contributed by atoms with Gasteiger partial charge in [-0.1, -0.05) is 11.3 Å². The number of hydrogen-bond acceptors (Lipinski definition) is 5. The third kappa shape index (κ3) is 2.15. The number of amides is 1. The second kappa shape index (κ2) is 4.18. The highest BCUT2D eigenvalue weighted by atomic mass is 32.1. The second-order valence-corrected chi connectivity index (χ2v) is 3.43. The first-order valence-electron chi connectivity index (χ1n) is 4.07. The van der Waals surface area contributed by atoms with E-state index in [1.165, 1.54) is 0 Å². The van der Waals surface area contributed by atoms with Crippen LogP contribution in [0.3, 0.4) is 0 Å². The Labute approximate surface area is 80.6 Å². The fourth-order valence-electron chi connectivity index (χ4n) is 0.967. The summed E-state index contributed by atoms with van der Waals surface area (Å²) in [5, 5.41) is 7.96. The predicted molar refractivity (Wildman–Crippen MR) is 51.6 cm³/mol. The van der Waals surface area contributed by atoms with Crippen molar-refractivity contribution in [1.82, 2.24) is 15.1 Å². The van der Waals surface area contributed by atoms with Crippen LogP contribution < -0.4 is 5.73 Å². The lowest BCUT2D eigenvalue weighted by Crippen LogP contribution is -2.30. The van der Waals surface area contributed by atoms with Crippen LogP contribution >= 0.6 is 11.3 Å². The molecule has 1 rings (SSSR count). The summed E-state index contributed by atoms with van der Waals surface area (Å²) in [4.78, 5) is 13.3. The van der Waals surface area contributed by atoms with Crippen molar-refractivity contribution >= 4 is 22.4 Å². The zero-order valence-electron chi connectivity index (χ0n) is 7.65. The van der Waals surface area contributed by atoms with E-state index in [1.54, 1.807) is 4.90 Å². The van der Waals surface area contributed by atoms with E-state index in [-0.39, 0.29) is 5.91 Å². The molecule has 2 N–H and O–H groups in total. The molecule has 1 heterocycles. The van der Waals surface area contributed by atoms with Gasteiger partial charge in [0.25, 0.3) is 5.91 Å². The molecule has 0 aliphatic carbocycles. The first-order chi connectivity index (χ1) is 6.19. The fraction of sp³-hybridized carbons (Fsp3) is 0.571. The first-order valence-corrected chi connectivity index (χ1v) is 4.89. The summed E-state index contributed by atoms with van der Waals surface area (Å²) in [6.45, 7) is 5.20. The molecule has 1 aromatic rings. The van der Waals surface area contributed by atoms with E-state index < -0.39 is 0 Å². The summed E-state index contributed by atoms with van der Waals surface area (Å²) in [7, 11) is 0. The van der Waals surface area contributed by atoms with Gasteiger partial charge < -0.3 is 10.6 Å². The topological polar surface area (TPSA) is 72.1 Å². The van der Waals surface area contributed by atoms with Crippen LogP contribution in [0.2, 0.25) is 0 Å². The second-order valence-electron chi connectivity index (χ2n) is 2.42. The Balaban J connectivity index is 2.78. The molecule has 6 heteroatoms. The zero-order valence-corrected chi connectivity index (χ0v) is 8.47. The number of nitrogen functional groups attached to an aromatic ring is 1. The molecule has 0 spiro atoms.